The third-order valence-corrected chi connectivity index (χ3v) is 4.88. The van der Waals surface area contributed by atoms with Crippen LogP contribution < -0.4 is 10.1 Å². The molecule has 0 aromatic carbocycles. The molecule has 6 heteroatoms. The number of imidazole rings is 1. The molecule has 0 bridgehead atoms. The largest absolute Gasteiger partial charge is 0.491 e. The van der Waals surface area contributed by atoms with Gasteiger partial charge in [-0.2, -0.15) is 0 Å². The minimum absolute atomic E-state index is 0.116. The number of hydrogen-bond acceptors (Lipinski definition) is 4. The van der Waals surface area contributed by atoms with Crippen molar-refractivity contribution in [2.24, 2.45) is 0 Å². The summed E-state index contributed by atoms with van der Waals surface area (Å²) in [5.74, 6) is 1.50. The van der Waals surface area contributed by atoms with E-state index in [0.29, 0.717) is 12.2 Å². The molecule has 0 spiro atoms. The molecule has 1 saturated carbocycles. The van der Waals surface area contributed by atoms with Crippen LogP contribution in [-0.4, -0.2) is 32.7 Å². The van der Waals surface area contributed by atoms with Crippen LogP contribution in [0.5, 0.6) is 5.75 Å². The van der Waals surface area contributed by atoms with Gasteiger partial charge in [0.05, 0.1) is 29.7 Å². The van der Waals surface area contributed by atoms with Crippen LogP contribution in [-0.2, 0) is 0 Å². The Morgan fingerprint density at radius 1 is 1.22 bits per heavy atom. The van der Waals surface area contributed by atoms with Crippen molar-refractivity contribution in [2.45, 2.75) is 57.8 Å². The Labute approximate surface area is 158 Å². The second-order valence-corrected chi connectivity index (χ2v) is 7.36. The van der Waals surface area contributed by atoms with Gasteiger partial charge in [0.15, 0.2) is 0 Å². The van der Waals surface area contributed by atoms with Crippen molar-refractivity contribution in [1.82, 2.24) is 14.4 Å². The van der Waals surface area contributed by atoms with Crippen molar-refractivity contribution in [1.29, 1.82) is 0 Å². The zero-order chi connectivity index (χ0) is 18.8. The number of aromatic nitrogens is 3. The molecule has 4 rings (SSSR count). The van der Waals surface area contributed by atoms with Crippen LogP contribution in [0.2, 0.25) is 0 Å². The Kier molecular flexibility index (Phi) is 4.97. The number of halogens is 1. The number of hydrogen-bond donors (Lipinski definition) is 1. The van der Waals surface area contributed by atoms with Gasteiger partial charge in [-0.3, -0.25) is 4.40 Å². The molecule has 0 unspecified atom stereocenters. The summed E-state index contributed by atoms with van der Waals surface area (Å²) in [5, 5.41) is 3.28. The summed E-state index contributed by atoms with van der Waals surface area (Å²) in [4.78, 5) is 9.18. The van der Waals surface area contributed by atoms with Crippen LogP contribution in [0.3, 0.4) is 0 Å². The minimum Gasteiger partial charge on any atom is -0.491 e. The maximum absolute atomic E-state index is 14.1. The Morgan fingerprint density at radius 2 is 2.07 bits per heavy atom. The molecular formula is C21H25FN4O. The summed E-state index contributed by atoms with van der Waals surface area (Å²) >= 11 is 0. The maximum atomic E-state index is 14.1. The van der Waals surface area contributed by atoms with Gasteiger partial charge in [-0.15, -0.1) is 0 Å². The highest BCUT2D eigenvalue weighted by Crippen LogP contribution is 2.26. The summed E-state index contributed by atoms with van der Waals surface area (Å²) in [6, 6.07) is 9.47. The van der Waals surface area contributed by atoms with Crippen LogP contribution in [0.1, 0.15) is 39.5 Å². The van der Waals surface area contributed by atoms with Gasteiger partial charge in [-0.1, -0.05) is 18.9 Å². The lowest BCUT2D eigenvalue weighted by atomic mass is 9.94. The van der Waals surface area contributed by atoms with E-state index in [9.17, 15) is 4.39 Å². The van der Waals surface area contributed by atoms with Gasteiger partial charge < -0.3 is 10.1 Å². The van der Waals surface area contributed by atoms with E-state index in [1.807, 2.05) is 54.8 Å². The molecule has 2 atom stereocenters. The number of nitrogens with one attached hydrogen (secondary N) is 1. The molecule has 27 heavy (non-hydrogen) atoms. The summed E-state index contributed by atoms with van der Waals surface area (Å²) < 4.78 is 21.8. The second-order valence-electron chi connectivity index (χ2n) is 7.36. The smallest absolute Gasteiger partial charge is 0.140 e. The van der Waals surface area contributed by atoms with Crippen molar-refractivity contribution in [3.05, 3.63) is 42.7 Å². The van der Waals surface area contributed by atoms with Crippen LogP contribution in [0.15, 0.2) is 42.7 Å². The van der Waals surface area contributed by atoms with Gasteiger partial charge in [0, 0.05) is 12.3 Å². The maximum Gasteiger partial charge on any atom is 0.140 e. The first-order chi connectivity index (χ1) is 13.1. The Bertz CT molecular complexity index is 923. The zero-order valence-electron chi connectivity index (χ0n) is 15.7. The van der Waals surface area contributed by atoms with Crippen molar-refractivity contribution < 1.29 is 9.13 Å². The first kappa shape index (κ1) is 17.8. The number of nitrogens with zero attached hydrogens (tertiary/aromatic N) is 3. The summed E-state index contributed by atoms with van der Waals surface area (Å²) in [5.41, 5.74) is 2.50. The highest BCUT2D eigenvalue weighted by molar-refractivity contribution is 5.62. The van der Waals surface area contributed by atoms with Gasteiger partial charge in [0.2, 0.25) is 0 Å². The van der Waals surface area contributed by atoms with Crippen LogP contribution >= 0.6 is 0 Å². The molecule has 142 valence electrons. The first-order valence-electron chi connectivity index (χ1n) is 9.62. The predicted molar refractivity (Wildman–Crippen MR) is 105 cm³/mol. The van der Waals surface area contributed by atoms with Gasteiger partial charge >= 0.3 is 0 Å². The van der Waals surface area contributed by atoms with E-state index < -0.39 is 6.17 Å². The quantitative estimate of drug-likeness (QED) is 0.698. The molecule has 3 aromatic rings. The molecule has 1 N–H and O–H groups in total. The predicted octanol–water partition coefficient (Wildman–Crippen LogP) is 4.88. The molecule has 1 fully saturated rings. The van der Waals surface area contributed by atoms with E-state index in [-0.39, 0.29) is 12.1 Å². The molecule has 0 amide bonds. The number of fused-ring (bicyclic) bond motifs is 1. The topological polar surface area (TPSA) is 51.5 Å². The molecular weight excluding hydrogens is 343 g/mol. The lowest BCUT2D eigenvalue weighted by Crippen LogP contribution is -2.33. The SMILES string of the molecule is CC(C)Oc1ccn2c(-c3cccc(N[C@H]4CCCC[C@@H]4F)n3)cnc2c1. The number of alkyl halides is 1. The molecule has 0 saturated heterocycles. The average Bonchev–Trinajstić information content (AvgIpc) is 3.07. The summed E-state index contributed by atoms with van der Waals surface area (Å²) in [6.07, 6.45) is 6.56. The Hall–Kier alpha value is -2.63. The minimum atomic E-state index is -0.806. The fourth-order valence-electron chi connectivity index (χ4n) is 3.59. The van der Waals surface area contributed by atoms with E-state index >= 15 is 0 Å². The molecule has 1 aliphatic carbocycles. The fourth-order valence-corrected chi connectivity index (χ4v) is 3.59. The van der Waals surface area contributed by atoms with Crippen molar-refractivity contribution in [3.63, 3.8) is 0 Å². The summed E-state index contributed by atoms with van der Waals surface area (Å²) in [7, 11) is 0. The average molecular weight is 368 g/mol. The van der Waals surface area contributed by atoms with Crippen molar-refractivity contribution in [3.8, 4) is 17.1 Å². The van der Waals surface area contributed by atoms with Crippen LogP contribution in [0.4, 0.5) is 10.2 Å². The third-order valence-electron chi connectivity index (χ3n) is 4.88. The number of ether oxygens (including phenoxy) is 1. The standard InChI is InChI=1S/C21H25FN4O/c1-14(2)27-15-10-11-26-19(13-23-21(26)12-15)18-8-5-9-20(25-18)24-17-7-4-3-6-16(17)22/h5,8-14,16-17H,3-4,6-7H2,1-2H3,(H,24,25)/t16-,17-/m0/s1. The van der Waals surface area contributed by atoms with Crippen molar-refractivity contribution >= 4 is 11.5 Å². The fraction of sp³-hybridized carbons (Fsp3) is 0.429. The highest BCUT2D eigenvalue weighted by atomic mass is 19.1. The van der Waals surface area contributed by atoms with Crippen LogP contribution in [0, 0.1) is 0 Å². The Balaban J connectivity index is 1.60. The molecule has 1 aliphatic rings. The molecule has 5 nitrogen and oxygen atoms in total. The number of rotatable bonds is 5. The normalized spacial score (nSPS) is 20.1. The van der Waals surface area contributed by atoms with E-state index in [2.05, 4.69) is 10.3 Å². The molecule has 0 aliphatic heterocycles. The van der Waals surface area contributed by atoms with Gasteiger partial charge in [-0.05, 0) is 44.9 Å². The van der Waals surface area contributed by atoms with E-state index in [4.69, 9.17) is 9.72 Å². The van der Waals surface area contributed by atoms with Crippen molar-refractivity contribution in [2.75, 3.05) is 5.32 Å². The monoisotopic (exact) mass is 368 g/mol. The highest BCUT2D eigenvalue weighted by Gasteiger charge is 2.24. The van der Waals surface area contributed by atoms with Gasteiger partial charge in [-0.25, -0.2) is 14.4 Å². The Morgan fingerprint density at radius 3 is 2.89 bits per heavy atom. The van der Waals surface area contributed by atoms with E-state index in [1.54, 1.807) is 6.20 Å². The lowest BCUT2D eigenvalue weighted by molar-refractivity contribution is 0.229. The van der Waals surface area contributed by atoms with E-state index in [0.717, 1.165) is 42.0 Å². The second kappa shape index (κ2) is 7.55. The zero-order valence-corrected chi connectivity index (χ0v) is 15.7. The molecule has 3 aromatic heterocycles. The van der Waals surface area contributed by atoms with Gasteiger partial charge in [0.1, 0.15) is 23.4 Å². The third kappa shape index (κ3) is 3.89. The summed E-state index contributed by atoms with van der Waals surface area (Å²) in [6.45, 7) is 4.00. The number of anilines is 1. The van der Waals surface area contributed by atoms with Crippen LogP contribution in [0.25, 0.3) is 17.0 Å². The lowest BCUT2D eigenvalue weighted by Gasteiger charge is -2.27. The number of pyridine rings is 2. The first-order valence-corrected chi connectivity index (χ1v) is 9.62. The molecule has 3 heterocycles. The van der Waals surface area contributed by atoms with E-state index in [1.165, 1.54) is 0 Å². The molecule has 0 radical (unpaired) electrons. The van der Waals surface area contributed by atoms with Gasteiger partial charge in [0.25, 0.3) is 0 Å².